The van der Waals surface area contributed by atoms with E-state index in [1.165, 1.54) is 42.5 Å². The number of rotatable bonds is 15. The summed E-state index contributed by atoms with van der Waals surface area (Å²) in [5, 5.41) is 14.1. The second kappa shape index (κ2) is 18.6. The fraction of sp³-hybridized carbons (Fsp3) is 0.0612. The average molecular weight is 947 g/mol. The van der Waals surface area contributed by atoms with E-state index in [9.17, 15) is 29.8 Å². The van der Waals surface area contributed by atoms with Crippen molar-refractivity contribution in [3.8, 4) is 34.1 Å². The molecule has 0 atom stereocenters. The normalized spacial score (nSPS) is 12.0. The van der Waals surface area contributed by atoms with Gasteiger partial charge in [0, 0.05) is 10.5 Å². The van der Waals surface area contributed by atoms with Gasteiger partial charge in [0.15, 0.2) is 0 Å². The fourth-order valence-electron chi connectivity index (χ4n) is 7.07. The van der Waals surface area contributed by atoms with Crippen LogP contribution in [0, 0.1) is 13.8 Å². The van der Waals surface area contributed by atoms with E-state index in [0.29, 0.717) is 56.6 Å². The maximum absolute atomic E-state index is 13.6. The zero-order valence-electron chi connectivity index (χ0n) is 34.5. The molecule has 0 fully saturated rings. The molecule has 0 heterocycles. The third kappa shape index (κ3) is 10.3. The molecule has 330 valence electrons. The third-order valence-corrected chi connectivity index (χ3v) is 15.5. The van der Waals surface area contributed by atoms with Gasteiger partial charge in [-0.3, -0.25) is 4.55 Å². The number of hydrogen-bond donors (Lipinski definition) is 2. The highest BCUT2D eigenvalue weighted by Gasteiger charge is 2.22. The van der Waals surface area contributed by atoms with E-state index in [1.807, 2.05) is 44.2 Å². The van der Waals surface area contributed by atoms with Crippen molar-refractivity contribution in [3.63, 3.8) is 0 Å². The van der Waals surface area contributed by atoms with E-state index >= 15 is 0 Å². The van der Waals surface area contributed by atoms with Gasteiger partial charge in [0.05, 0.1) is 31.6 Å². The number of benzene rings is 8. The molecule has 0 amide bonds. The summed E-state index contributed by atoms with van der Waals surface area (Å²) >= 11 is 0.667. The van der Waals surface area contributed by atoms with Crippen molar-refractivity contribution in [3.05, 3.63) is 192 Å². The first-order valence-electron chi connectivity index (χ1n) is 19.7. The average Bonchev–Trinajstić information content (AvgIpc) is 3.29. The molecular formula is C49H38O12S4. The fourth-order valence-corrected chi connectivity index (χ4v) is 11.0. The Morgan fingerprint density at radius 2 is 0.908 bits per heavy atom. The van der Waals surface area contributed by atoms with Crippen molar-refractivity contribution in [2.24, 2.45) is 0 Å². The third-order valence-electron chi connectivity index (χ3n) is 10.4. The number of ether oxygens (including phenoxy) is 2. The summed E-state index contributed by atoms with van der Waals surface area (Å²) < 4.78 is 106. The summed E-state index contributed by atoms with van der Waals surface area (Å²) in [4.78, 5) is 0.570. The molecule has 0 aliphatic carbocycles. The minimum Gasteiger partial charge on any atom is -0.457 e. The van der Waals surface area contributed by atoms with Crippen LogP contribution in [0.15, 0.2) is 199 Å². The van der Waals surface area contributed by atoms with Crippen LogP contribution in [0.1, 0.15) is 22.3 Å². The van der Waals surface area contributed by atoms with Crippen LogP contribution in [0.4, 0.5) is 0 Å². The molecule has 2 N–H and O–H groups in total. The Morgan fingerprint density at radius 1 is 0.462 bits per heavy atom. The topological polar surface area (TPSA) is 180 Å². The number of hydrogen-bond acceptors (Lipinski definition) is 12. The van der Waals surface area contributed by atoms with Gasteiger partial charge in [0.25, 0.3) is 10.1 Å². The lowest BCUT2D eigenvalue weighted by molar-refractivity contribution is -0.432. The number of fused-ring (bicyclic) bond motifs is 1. The van der Waals surface area contributed by atoms with Gasteiger partial charge >= 0.3 is 0 Å². The maximum atomic E-state index is 13.6. The van der Waals surface area contributed by atoms with Gasteiger partial charge in [0.1, 0.15) is 27.9 Å². The highest BCUT2D eigenvalue weighted by molar-refractivity contribution is 7.94. The van der Waals surface area contributed by atoms with Gasteiger partial charge in [-0.1, -0.05) is 71.3 Å². The summed E-state index contributed by atoms with van der Waals surface area (Å²) in [7, 11) is -12.3. The van der Waals surface area contributed by atoms with Gasteiger partial charge in [-0.25, -0.2) is 22.1 Å². The molecule has 0 aliphatic heterocycles. The molecule has 0 radical (unpaired) electrons. The second-order valence-electron chi connectivity index (χ2n) is 15.0. The van der Waals surface area contributed by atoms with Crippen molar-refractivity contribution in [1.82, 2.24) is 0 Å². The van der Waals surface area contributed by atoms with Gasteiger partial charge < -0.3 is 9.47 Å². The van der Waals surface area contributed by atoms with E-state index < -0.39 is 29.8 Å². The van der Waals surface area contributed by atoms with Crippen LogP contribution in [0.2, 0.25) is 0 Å². The molecule has 8 aromatic carbocycles. The quantitative estimate of drug-likeness (QED) is 0.0429. The predicted molar refractivity (Wildman–Crippen MR) is 245 cm³/mol. The van der Waals surface area contributed by atoms with Crippen LogP contribution in [0.25, 0.3) is 21.9 Å². The van der Waals surface area contributed by atoms with Crippen LogP contribution >= 0.6 is 12.0 Å². The highest BCUT2D eigenvalue weighted by Crippen LogP contribution is 2.38. The molecule has 0 aromatic heterocycles. The van der Waals surface area contributed by atoms with E-state index in [0.717, 1.165) is 21.9 Å². The molecule has 0 saturated heterocycles. The summed E-state index contributed by atoms with van der Waals surface area (Å²) in [5.41, 5.74) is 3.65. The standard InChI is InChI=1S/C49H38O12S4/c1-32-3-17-42(18-4-32)63(51,52)44-21-13-38(14-22-44)58-40-11-9-36-10-12-41(31-37(36)30-40)59-39-15-23-45(24-16-39)64(53,54)43-19-6-34(7-20-43)28-35-8-26-47(49(29-35)65(55,56)57)46-25-5-33(2)27-48(46)62-61-60-50/h3-27,29-31,50H,28H2,1-2H3,(H,55,56,57). The lowest BCUT2D eigenvalue weighted by Crippen LogP contribution is -2.04. The minimum atomic E-state index is -4.69. The summed E-state index contributed by atoms with van der Waals surface area (Å²) in [6.07, 6.45) is 0.229. The van der Waals surface area contributed by atoms with E-state index in [1.54, 1.807) is 97.1 Å². The highest BCUT2D eigenvalue weighted by atomic mass is 32.2. The molecule has 0 unspecified atom stereocenters. The van der Waals surface area contributed by atoms with Gasteiger partial charge in [0.2, 0.25) is 19.7 Å². The van der Waals surface area contributed by atoms with Crippen molar-refractivity contribution in [2.75, 3.05) is 0 Å². The predicted octanol–water partition coefficient (Wildman–Crippen LogP) is 11.6. The van der Waals surface area contributed by atoms with Crippen LogP contribution < -0.4 is 9.47 Å². The Labute approximate surface area is 380 Å². The summed E-state index contributed by atoms with van der Waals surface area (Å²) in [5.74, 6) is 1.90. The Morgan fingerprint density at radius 3 is 1.42 bits per heavy atom. The van der Waals surface area contributed by atoms with Crippen molar-refractivity contribution in [1.29, 1.82) is 0 Å². The lowest BCUT2D eigenvalue weighted by atomic mass is 9.99. The maximum Gasteiger partial charge on any atom is 0.295 e. The smallest absolute Gasteiger partial charge is 0.295 e. The lowest BCUT2D eigenvalue weighted by Gasteiger charge is -2.14. The van der Waals surface area contributed by atoms with E-state index in [4.69, 9.17) is 14.7 Å². The summed E-state index contributed by atoms with van der Waals surface area (Å²) in [6, 6.07) is 46.0. The zero-order chi connectivity index (χ0) is 45.9. The van der Waals surface area contributed by atoms with E-state index in [-0.39, 0.29) is 36.5 Å². The largest absolute Gasteiger partial charge is 0.457 e. The zero-order valence-corrected chi connectivity index (χ0v) is 37.7. The van der Waals surface area contributed by atoms with Crippen molar-refractivity contribution >= 4 is 52.6 Å². The Kier molecular flexibility index (Phi) is 13.0. The molecular weight excluding hydrogens is 909 g/mol. The van der Waals surface area contributed by atoms with Crippen LogP contribution in [0.5, 0.6) is 23.0 Å². The van der Waals surface area contributed by atoms with Crippen LogP contribution in [-0.2, 0) is 45.6 Å². The molecule has 8 aromatic rings. The Hall–Kier alpha value is -6.34. The molecule has 0 bridgehead atoms. The minimum absolute atomic E-state index is 0.0525. The van der Waals surface area contributed by atoms with Crippen LogP contribution in [0.3, 0.4) is 0 Å². The van der Waals surface area contributed by atoms with Crippen LogP contribution in [-0.4, -0.2) is 35.1 Å². The molecule has 0 spiro atoms. The Bertz CT molecular complexity index is 3380. The van der Waals surface area contributed by atoms with Gasteiger partial charge in [-0.2, -0.15) is 8.42 Å². The first-order valence-corrected chi connectivity index (χ1v) is 24.8. The first-order chi connectivity index (χ1) is 31.1. The number of sulfone groups is 2. The van der Waals surface area contributed by atoms with E-state index in [2.05, 4.69) is 9.37 Å². The van der Waals surface area contributed by atoms with Crippen molar-refractivity contribution < 1.29 is 53.9 Å². The molecule has 16 heteroatoms. The molecule has 8 rings (SSSR count). The molecule has 65 heavy (non-hydrogen) atoms. The van der Waals surface area contributed by atoms with Crippen molar-refractivity contribution in [2.45, 2.75) is 49.6 Å². The molecule has 0 saturated carbocycles. The number of aryl methyl sites for hydroxylation is 2. The SMILES string of the molecule is Cc1ccc(S(=O)(=O)c2ccc(Oc3ccc4ccc(Oc5ccc(S(=O)(=O)c6ccc(Cc7ccc(-c8ccc(C)cc8SOOO)c(S(=O)(=O)O)c7)cc6)cc5)cc4c3)cc2)cc1. The molecule has 12 nitrogen and oxygen atoms in total. The monoisotopic (exact) mass is 946 g/mol. The first kappa shape index (κ1) is 45.2. The second-order valence-corrected chi connectivity index (χ2v) is 21.0. The van der Waals surface area contributed by atoms with Gasteiger partial charge in [-0.15, -0.1) is 4.33 Å². The summed E-state index contributed by atoms with van der Waals surface area (Å²) in [6.45, 7) is 3.71. The Balaban J connectivity index is 0.927. The van der Waals surface area contributed by atoms with Gasteiger partial charge in [-0.05, 0) is 162 Å². The molecule has 0 aliphatic rings.